The van der Waals surface area contributed by atoms with Crippen LogP contribution in [0, 0.1) is 0 Å². The van der Waals surface area contributed by atoms with Crippen molar-refractivity contribution in [3.8, 4) is 5.82 Å². The van der Waals surface area contributed by atoms with Crippen molar-refractivity contribution >= 4 is 5.97 Å². The highest BCUT2D eigenvalue weighted by Gasteiger charge is 2.08. The van der Waals surface area contributed by atoms with Gasteiger partial charge in [-0.1, -0.05) is 6.92 Å². The summed E-state index contributed by atoms with van der Waals surface area (Å²) in [6.07, 6.45) is 4.21. The fraction of sp³-hybridized carbons (Fsp3) is 0.200. The zero-order valence-electron chi connectivity index (χ0n) is 8.66. The molecule has 0 amide bonds. The van der Waals surface area contributed by atoms with Crippen molar-refractivity contribution in [2.45, 2.75) is 13.3 Å². The predicted octanol–water partition coefficient (Wildman–Crippen LogP) is 0.923. The number of aromatic nitrogens is 4. The first kappa shape index (κ1) is 10.3. The molecule has 0 spiro atoms. The van der Waals surface area contributed by atoms with Crippen LogP contribution in [-0.2, 0) is 6.42 Å². The molecule has 0 aromatic carbocycles. The maximum atomic E-state index is 10.6. The Hall–Kier alpha value is -2.24. The Balaban J connectivity index is 2.38. The number of nitrogens with zero attached hydrogens (tertiary/aromatic N) is 4. The van der Waals surface area contributed by atoms with Crippen LogP contribution in [0.3, 0.4) is 0 Å². The highest BCUT2D eigenvalue weighted by Crippen LogP contribution is 2.07. The molecule has 82 valence electrons. The minimum absolute atomic E-state index is 0.0677. The number of hydrogen-bond donors (Lipinski definition) is 1. The van der Waals surface area contributed by atoms with Crippen molar-refractivity contribution in [2.24, 2.45) is 0 Å². The van der Waals surface area contributed by atoms with Gasteiger partial charge in [0, 0.05) is 18.8 Å². The maximum absolute atomic E-state index is 10.6. The monoisotopic (exact) mass is 218 g/mol. The predicted molar refractivity (Wildman–Crippen MR) is 55.5 cm³/mol. The van der Waals surface area contributed by atoms with Gasteiger partial charge in [-0.05, 0) is 12.1 Å². The third-order valence-electron chi connectivity index (χ3n) is 2.15. The first-order valence-corrected chi connectivity index (χ1v) is 4.82. The molecule has 16 heavy (non-hydrogen) atoms. The Labute approximate surface area is 91.6 Å². The quantitative estimate of drug-likeness (QED) is 0.828. The Morgan fingerprint density at radius 2 is 2.25 bits per heavy atom. The van der Waals surface area contributed by atoms with E-state index in [-0.39, 0.29) is 5.69 Å². The SMILES string of the molecule is CCc1nccn1-c1ccc(C(=O)O)nn1. The molecule has 2 aromatic rings. The van der Waals surface area contributed by atoms with Crippen LogP contribution in [0.2, 0.25) is 0 Å². The number of carboxylic acid groups (broad SMARTS) is 1. The molecule has 0 aliphatic heterocycles. The summed E-state index contributed by atoms with van der Waals surface area (Å²) < 4.78 is 1.78. The van der Waals surface area contributed by atoms with Gasteiger partial charge in [-0.15, -0.1) is 10.2 Å². The number of imidazole rings is 1. The molecule has 1 N–H and O–H groups in total. The molecule has 0 saturated carbocycles. The van der Waals surface area contributed by atoms with Gasteiger partial charge in [-0.25, -0.2) is 9.78 Å². The van der Waals surface area contributed by atoms with Gasteiger partial charge in [0.15, 0.2) is 11.5 Å². The summed E-state index contributed by atoms with van der Waals surface area (Å²) in [5.74, 6) is 0.345. The molecule has 0 bridgehead atoms. The maximum Gasteiger partial charge on any atom is 0.356 e. The third-order valence-corrected chi connectivity index (χ3v) is 2.15. The molecule has 6 heteroatoms. The molecule has 0 radical (unpaired) electrons. The molecule has 2 aromatic heterocycles. The Morgan fingerprint density at radius 3 is 2.81 bits per heavy atom. The largest absolute Gasteiger partial charge is 0.476 e. The van der Waals surface area contributed by atoms with Crippen LogP contribution in [0.1, 0.15) is 23.2 Å². The van der Waals surface area contributed by atoms with Crippen LogP contribution in [0.25, 0.3) is 5.82 Å². The van der Waals surface area contributed by atoms with Crippen molar-refractivity contribution in [1.82, 2.24) is 19.7 Å². The Morgan fingerprint density at radius 1 is 1.44 bits per heavy atom. The van der Waals surface area contributed by atoms with Crippen LogP contribution in [0.15, 0.2) is 24.5 Å². The average molecular weight is 218 g/mol. The summed E-state index contributed by atoms with van der Waals surface area (Å²) >= 11 is 0. The van der Waals surface area contributed by atoms with E-state index in [1.54, 1.807) is 23.0 Å². The molecular formula is C10H10N4O2. The number of aromatic carboxylic acids is 1. The van der Waals surface area contributed by atoms with E-state index in [1.807, 2.05) is 6.92 Å². The molecule has 0 saturated heterocycles. The highest BCUT2D eigenvalue weighted by atomic mass is 16.4. The third kappa shape index (κ3) is 1.77. The summed E-state index contributed by atoms with van der Waals surface area (Å²) in [6.45, 7) is 1.98. The molecule has 0 unspecified atom stereocenters. The van der Waals surface area contributed by atoms with Crippen molar-refractivity contribution in [3.63, 3.8) is 0 Å². The van der Waals surface area contributed by atoms with Crippen LogP contribution in [-0.4, -0.2) is 30.8 Å². The van der Waals surface area contributed by atoms with E-state index in [2.05, 4.69) is 15.2 Å². The molecule has 0 fully saturated rings. The number of aryl methyl sites for hydroxylation is 1. The van der Waals surface area contributed by atoms with E-state index in [0.717, 1.165) is 12.2 Å². The highest BCUT2D eigenvalue weighted by molar-refractivity contribution is 5.85. The van der Waals surface area contributed by atoms with Gasteiger partial charge in [0.05, 0.1) is 0 Å². The molecule has 6 nitrogen and oxygen atoms in total. The average Bonchev–Trinajstić information content (AvgIpc) is 2.77. The summed E-state index contributed by atoms with van der Waals surface area (Å²) in [4.78, 5) is 14.7. The first-order valence-electron chi connectivity index (χ1n) is 4.82. The Kier molecular flexibility index (Phi) is 2.63. The zero-order chi connectivity index (χ0) is 11.5. The van der Waals surface area contributed by atoms with E-state index in [1.165, 1.54) is 6.07 Å². The minimum atomic E-state index is -1.08. The second-order valence-corrected chi connectivity index (χ2v) is 3.15. The normalized spacial score (nSPS) is 10.3. The number of carbonyl (C=O) groups is 1. The first-order chi connectivity index (χ1) is 7.72. The lowest BCUT2D eigenvalue weighted by atomic mass is 10.4. The lowest BCUT2D eigenvalue weighted by Crippen LogP contribution is -2.06. The van der Waals surface area contributed by atoms with Crippen LogP contribution >= 0.6 is 0 Å². The zero-order valence-corrected chi connectivity index (χ0v) is 8.66. The number of rotatable bonds is 3. The summed E-state index contributed by atoms with van der Waals surface area (Å²) in [6, 6.07) is 3.03. The number of hydrogen-bond acceptors (Lipinski definition) is 4. The van der Waals surface area contributed by atoms with Crippen LogP contribution in [0.5, 0.6) is 0 Å². The smallest absolute Gasteiger partial charge is 0.356 e. The van der Waals surface area contributed by atoms with Crippen molar-refractivity contribution in [1.29, 1.82) is 0 Å². The van der Waals surface area contributed by atoms with Gasteiger partial charge >= 0.3 is 5.97 Å². The van der Waals surface area contributed by atoms with E-state index in [4.69, 9.17) is 5.11 Å². The second-order valence-electron chi connectivity index (χ2n) is 3.15. The van der Waals surface area contributed by atoms with E-state index in [0.29, 0.717) is 5.82 Å². The lowest BCUT2D eigenvalue weighted by molar-refractivity contribution is 0.0689. The molecule has 0 atom stereocenters. The van der Waals surface area contributed by atoms with Gasteiger partial charge in [0.25, 0.3) is 0 Å². The van der Waals surface area contributed by atoms with Gasteiger partial charge in [0.1, 0.15) is 5.82 Å². The van der Waals surface area contributed by atoms with Gasteiger partial charge in [0.2, 0.25) is 0 Å². The van der Waals surface area contributed by atoms with E-state index >= 15 is 0 Å². The molecule has 2 heterocycles. The number of carboxylic acids is 1. The summed E-state index contributed by atoms with van der Waals surface area (Å²) in [5, 5.41) is 16.1. The van der Waals surface area contributed by atoms with Crippen LogP contribution < -0.4 is 0 Å². The molecule has 0 aliphatic carbocycles. The molecule has 2 rings (SSSR count). The van der Waals surface area contributed by atoms with Gasteiger partial charge in [-0.3, -0.25) is 4.57 Å². The summed E-state index contributed by atoms with van der Waals surface area (Å²) in [5.41, 5.74) is -0.0677. The molecular weight excluding hydrogens is 208 g/mol. The standard InChI is InChI=1S/C10H10N4O2/c1-2-8-11-5-6-14(8)9-4-3-7(10(15)16)12-13-9/h3-6H,2H2,1H3,(H,15,16). The van der Waals surface area contributed by atoms with E-state index in [9.17, 15) is 4.79 Å². The fourth-order valence-corrected chi connectivity index (χ4v) is 1.37. The van der Waals surface area contributed by atoms with Crippen molar-refractivity contribution < 1.29 is 9.90 Å². The van der Waals surface area contributed by atoms with Crippen LogP contribution in [0.4, 0.5) is 0 Å². The van der Waals surface area contributed by atoms with Gasteiger partial charge in [-0.2, -0.15) is 0 Å². The topological polar surface area (TPSA) is 80.9 Å². The Bertz CT molecular complexity index is 504. The fourth-order valence-electron chi connectivity index (χ4n) is 1.37. The minimum Gasteiger partial charge on any atom is -0.476 e. The van der Waals surface area contributed by atoms with Crippen molar-refractivity contribution in [3.05, 3.63) is 36.0 Å². The van der Waals surface area contributed by atoms with Gasteiger partial charge < -0.3 is 5.11 Å². The van der Waals surface area contributed by atoms with E-state index < -0.39 is 5.97 Å². The lowest BCUT2D eigenvalue weighted by Gasteiger charge is -2.03. The van der Waals surface area contributed by atoms with Crippen molar-refractivity contribution in [2.75, 3.05) is 0 Å². The summed E-state index contributed by atoms with van der Waals surface area (Å²) in [7, 11) is 0. The molecule has 0 aliphatic rings. The second kappa shape index (κ2) is 4.09.